The Kier molecular flexibility index (Phi) is 5.57. The molecule has 0 bridgehead atoms. The third-order valence-corrected chi connectivity index (χ3v) is 3.13. The van der Waals surface area contributed by atoms with Crippen molar-refractivity contribution in [1.82, 2.24) is 0 Å². The predicted molar refractivity (Wildman–Crippen MR) is 82.4 cm³/mol. The van der Waals surface area contributed by atoms with Gasteiger partial charge in [-0.25, -0.2) is 4.39 Å². The molecule has 4 nitrogen and oxygen atoms in total. The van der Waals surface area contributed by atoms with Gasteiger partial charge in [-0.05, 0) is 45.8 Å². The molecule has 0 amide bonds. The van der Waals surface area contributed by atoms with Crippen LogP contribution >= 0.6 is 15.9 Å². The van der Waals surface area contributed by atoms with E-state index < -0.39 is 0 Å². The summed E-state index contributed by atoms with van der Waals surface area (Å²) < 4.78 is 18.9. The maximum absolute atomic E-state index is 13.1. The molecule has 0 saturated heterocycles. The molecule has 0 atom stereocenters. The summed E-state index contributed by atoms with van der Waals surface area (Å²) in [7, 11) is 0. The topological polar surface area (TPSA) is 56.8 Å². The normalized spacial score (nSPS) is 11.2. The standard InChI is InChI=1S/C15H14BrFN2O2/c16-13-8-11(6-7-14(13)17)9-21-19-15(18)10-20-12-4-2-1-3-5-12/h1-8H,9-10H2,(H2,18,19). The van der Waals surface area contributed by atoms with Crippen LogP contribution in [-0.2, 0) is 11.4 Å². The number of hydrogen-bond acceptors (Lipinski definition) is 3. The molecule has 2 N–H and O–H groups in total. The van der Waals surface area contributed by atoms with Gasteiger partial charge in [-0.1, -0.05) is 29.4 Å². The SMILES string of the molecule is NC(COc1ccccc1)=NOCc1ccc(F)c(Br)c1. The van der Waals surface area contributed by atoms with E-state index in [0.717, 1.165) is 5.56 Å². The molecule has 110 valence electrons. The minimum atomic E-state index is -0.321. The van der Waals surface area contributed by atoms with Gasteiger partial charge >= 0.3 is 0 Å². The first-order valence-corrected chi connectivity index (χ1v) is 7.00. The summed E-state index contributed by atoms with van der Waals surface area (Å²) in [6, 6.07) is 13.9. The Balaban J connectivity index is 1.79. The molecule has 2 rings (SSSR count). The number of halogens is 2. The summed E-state index contributed by atoms with van der Waals surface area (Å²) in [5, 5.41) is 3.75. The van der Waals surface area contributed by atoms with E-state index in [0.29, 0.717) is 10.2 Å². The van der Waals surface area contributed by atoms with Crippen molar-refractivity contribution >= 4 is 21.8 Å². The summed E-state index contributed by atoms with van der Waals surface area (Å²) in [4.78, 5) is 5.10. The monoisotopic (exact) mass is 352 g/mol. The second-order valence-corrected chi connectivity index (χ2v) is 5.06. The highest BCUT2D eigenvalue weighted by Crippen LogP contribution is 2.17. The number of amidine groups is 1. The molecule has 0 heterocycles. The molecule has 2 aromatic carbocycles. The van der Waals surface area contributed by atoms with Gasteiger partial charge in [0.25, 0.3) is 0 Å². The first-order chi connectivity index (χ1) is 10.1. The maximum Gasteiger partial charge on any atom is 0.177 e. The van der Waals surface area contributed by atoms with Gasteiger partial charge in [-0.2, -0.15) is 0 Å². The van der Waals surface area contributed by atoms with Gasteiger partial charge < -0.3 is 15.3 Å². The molecule has 0 saturated carbocycles. The van der Waals surface area contributed by atoms with Crippen molar-refractivity contribution in [2.45, 2.75) is 6.61 Å². The van der Waals surface area contributed by atoms with E-state index in [1.807, 2.05) is 30.3 Å². The molecule has 21 heavy (non-hydrogen) atoms. The molecule has 0 spiro atoms. The van der Waals surface area contributed by atoms with Crippen molar-refractivity contribution in [2.24, 2.45) is 10.9 Å². The average Bonchev–Trinajstić information content (AvgIpc) is 2.50. The fraction of sp³-hybridized carbons (Fsp3) is 0.133. The Bertz CT molecular complexity index is 620. The zero-order valence-corrected chi connectivity index (χ0v) is 12.7. The zero-order chi connectivity index (χ0) is 15.1. The summed E-state index contributed by atoms with van der Waals surface area (Å²) >= 11 is 3.11. The molecule has 0 aliphatic carbocycles. The third kappa shape index (κ3) is 5.07. The number of oxime groups is 1. The van der Waals surface area contributed by atoms with Gasteiger partial charge in [-0.15, -0.1) is 0 Å². The third-order valence-electron chi connectivity index (χ3n) is 2.53. The Labute approximate surface area is 130 Å². The molecule has 0 unspecified atom stereocenters. The van der Waals surface area contributed by atoms with Crippen LogP contribution in [0.25, 0.3) is 0 Å². The highest BCUT2D eigenvalue weighted by Gasteiger charge is 2.01. The lowest BCUT2D eigenvalue weighted by Gasteiger charge is -2.06. The number of nitrogens with zero attached hydrogens (tertiary/aromatic N) is 1. The van der Waals surface area contributed by atoms with Crippen molar-refractivity contribution in [2.75, 3.05) is 6.61 Å². The van der Waals surface area contributed by atoms with Crippen molar-refractivity contribution in [3.63, 3.8) is 0 Å². The van der Waals surface area contributed by atoms with E-state index in [1.165, 1.54) is 6.07 Å². The van der Waals surface area contributed by atoms with E-state index in [4.69, 9.17) is 15.3 Å². The van der Waals surface area contributed by atoms with Crippen LogP contribution in [0.15, 0.2) is 58.2 Å². The van der Waals surface area contributed by atoms with Gasteiger partial charge in [0.05, 0.1) is 4.47 Å². The van der Waals surface area contributed by atoms with E-state index >= 15 is 0 Å². The van der Waals surface area contributed by atoms with E-state index in [2.05, 4.69) is 21.1 Å². The van der Waals surface area contributed by atoms with Gasteiger partial charge in [-0.3, -0.25) is 0 Å². The van der Waals surface area contributed by atoms with Gasteiger partial charge in [0.2, 0.25) is 0 Å². The minimum Gasteiger partial charge on any atom is -0.486 e. The Morgan fingerprint density at radius 2 is 1.95 bits per heavy atom. The second-order valence-electron chi connectivity index (χ2n) is 4.21. The first-order valence-electron chi connectivity index (χ1n) is 6.21. The van der Waals surface area contributed by atoms with Crippen LogP contribution in [0.3, 0.4) is 0 Å². The molecule has 0 fully saturated rings. The summed E-state index contributed by atoms with van der Waals surface area (Å²) in [6.45, 7) is 0.335. The van der Waals surface area contributed by atoms with Gasteiger partial charge in [0.1, 0.15) is 24.8 Å². The Morgan fingerprint density at radius 3 is 2.67 bits per heavy atom. The lowest BCUT2D eigenvalue weighted by molar-refractivity contribution is 0.128. The molecule has 0 aromatic heterocycles. The van der Waals surface area contributed by atoms with Crippen molar-refractivity contribution < 1.29 is 14.0 Å². The van der Waals surface area contributed by atoms with Crippen LogP contribution in [0.2, 0.25) is 0 Å². The molecule has 0 radical (unpaired) electrons. The molecule has 6 heteroatoms. The van der Waals surface area contributed by atoms with Crippen LogP contribution in [0.5, 0.6) is 5.75 Å². The van der Waals surface area contributed by atoms with Crippen molar-refractivity contribution in [3.8, 4) is 5.75 Å². The van der Waals surface area contributed by atoms with Gasteiger partial charge in [0, 0.05) is 0 Å². The van der Waals surface area contributed by atoms with E-state index in [-0.39, 0.29) is 24.9 Å². The van der Waals surface area contributed by atoms with Crippen molar-refractivity contribution in [1.29, 1.82) is 0 Å². The highest BCUT2D eigenvalue weighted by atomic mass is 79.9. The molecular weight excluding hydrogens is 339 g/mol. The number of rotatable bonds is 6. The van der Waals surface area contributed by atoms with E-state index in [1.54, 1.807) is 12.1 Å². The number of para-hydroxylation sites is 1. The Morgan fingerprint density at radius 1 is 1.19 bits per heavy atom. The number of hydrogen-bond donors (Lipinski definition) is 1. The second kappa shape index (κ2) is 7.64. The fourth-order valence-corrected chi connectivity index (χ4v) is 1.95. The largest absolute Gasteiger partial charge is 0.486 e. The number of benzene rings is 2. The molecule has 0 aliphatic rings. The van der Waals surface area contributed by atoms with Crippen LogP contribution in [-0.4, -0.2) is 12.4 Å². The molecule has 0 aliphatic heterocycles. The minimum absolute atomic E-state index is 0.136. The smallest absolute Gasteiger partial charge is 0.177 e. The maximum atomic E-state index is 13.1. The quantitative estimate of drug-likeness (QED) is 0.492. The highest BCUT2D eigenvalue weighted by molar-refractivity contribution is 9.10. The van der Waals surface area contributed by atoms with Gasteiger partial charge in [0.15, 0.2) is 5.84 Å². The van der Waals surface area contributed by atoms with Crippen LogP contribution in [0.1, 0.15) is 5.56 Å². The number of ether oxygens (including phenoxy) is 1. The first kappa shape index (κ1) is 15.3. The van der Waals surface area contributed by atoms with E-state index in [9.17, 15) is 4.39 Å². The lowest BCUT2D eigenvalue weighted by Crippen LogP contribution is -2.21. The number of nitrogens with two attached hydrogens (primary N) is 1. The molecular formula is C15H14BrFN2O2. The summed E-state index contributed by atoms with van der Waals surface area (Å²) in [5.74, 6) is 0.608. The molecule has 2 aromatic rings. The predicted octanol–water partition coefficient (Wildman–Crippen LogP) is 3.46. The summed E-state index contributed by atoms with van der Waals surface area (Å²) in [6.07, 6.45) is 0. The fourth-order valence-electron chi connectivity index (χ4n) is 1.52. The zero-order valence-electron chi connectivity index (χ0n) is 11.1. The van der Waals surface area contributed by atoms with Crippen molar-refractivity contribution in [3.05, 3.63) is 64.4 Å². The summed E-state index contributed by atoms with van der Waals surface area (Å²) in [5.41, 5.74) is 6.45. The average molecular weight is 353 g/mol. The van der Waals surface area contributed by atoms with Crippen LogP contribution < -0.4 is 10.5 Å². The Hall–Kier alpha value is -2.08. The lowest BCUT2D eigenvalue weighted by atomic mass is 10.2. The van der Waals surface area contributed by atoms with Crippen LogP contribution in [0.4, 0.5) is 4.39 Å². The van der Waals surface area contributed by atoms with Crippen LogP contribution in [0, 0.1) is 5.82 Å².